The van der Waals surface area contributed by atoms with Gasteiger partial charge in [0.1, 0.15) is 16.0 Å². The lowest BCUT2D eigenvalue weighted by molar-refractivity contribution is 0.0701. The third-order valence-corrected chi connectivity index (χ3v) is 4.14. The van der Waals surface area contributed by atoms with E-state index in [1.165, 1.54) is 0 Å². The van der Waals surface area contributed by atoms with E-state index in [2.05, 4.69) is 22.9 Å². The molecule has 4 nitrogen and oxygen atoms in total. The SMILES string of the molecule is CC#Cc1c(C)cc(-c2nc(C)c(C(=O)O)s2)cc1C#N. The number of carboxylic acids is 1. The number of carbonyl (C=O) groups is 1. The highest BCUT2D eigenvalue weighted by atomic mass is 32.1. The number of nitrogens with zero attached hydrogens (tertiary/aromatic N) is 2. The highest BCUT2D eigenvalue weighted by Gasteiger charge is 2.16. The molecule has 0 aliphatic heterocycles. The molecule has 0 amide bonds. The van der Waals surface area contributed by atoms with Crippen LogP contribution in [0.4, 0.5) is 0 Å². The summed E-state index contributed by atoms with van der Waals surface area (Å²) in [7, 11) is 0. The van der Waals surface area contributed by atoms with E-state index < -0.39 is 5.97 Å². The molecule has 0 aliphatic carbocycles. The lowest BCUT2D eigenvalue weighted by Crippen LogP contribution is -1.94. The average molecular weight is 296 g/mol. The Kier molecular flexibility index (Phi) is 4.07. The summed E-state index contributed by atoms with van der Waals surface area (Å²) in [5, 5.41) is 19.0. The largest absolute Gasteiger partial charge is 0.477 e. The van der Waals surface area contributed by atoms with Crippen LogP contribution in [0.25, 0.3) is 10.6 Å². The van der Waals surface area contributed by atoms with Crippen molar-refractivity contribution in [1.29, 1.82) is 5.26 Å². The number of benzene rings is 1. The van der Waals surface area contributed by atoms with Gasteiger partial charge in [-0.25, -0.2) is 9.78 Å². The number of rotatable bonds is 2. The van der Waals surface area contributed by atoms with Gasteiger partial charge in [0.25, 0.3) is 0 Å². The van der Waals surface area contributed by atoms with Crippen LogP contribution >= 0.6 is 11.3 Å². The lowest BCUT2D eigenvalue weighted by atomic mass is 9.99. The Balaban J connectivity index is 2.63. The Morgan fingerprint density at radius 3 is 2.62 bits per heavy atom. The summed E-state index contributed by atoms with van der Waals surface area (Å²) in [5.41, 5.74) is 3.28. The molecular weight excluding hydrogens is 284 g/mol. The van der Waals surface area contributed by atoms with Crippen LogP contribution in [0, 0.1) is 37.0 Å². The average Bonchev–Trinajstić information content (AvgIpc) is 2.83. The van der Waals surface area contributed by atoms with E-state index in [1.54, 1.807) is 19.9 Å². The Labute approximate surface area is 126 Å². The summed E-state index contributed by atoms with van der Waals surface area (Å²) in [6.45, 7) is 5.26. The zero-order chi connectivity index (χ0) is 15.6. The molecule has 0 bridgehead atoms. The molecule has 1 aromatic carbocycles. The third kappa shape index (κ3) is 2.79. The summed E-state index contributed by atoms with van der Waals surface area (Å²) in [6.07, 6.45) is 0. The van der Waals surface area contributed by atoms with Crippen molar-refractivity contribution in [3.05, 3.63) is 39.4 Å². The Bertz CT molecular complexity index is 832. The molecule has 0 saturated carbocycles. The molecule has 1 N–H and O–H groups in total. The van der Waals surface area contributed by atoms with Gasteiger partial charge in [0, 0.05) is 11.1 Å². The smallest absolute Gasteiger partial charge is 0.347 e. The Hall–Kier alpha value is -2.63. The fraction of sp³-hybridized carbons (Fsp3) is 0.188. The number of hydrogen-bond acceptors (Lipinski definition) is 4. The van der Waals surface area contributed by atoms with Crippen molar-refractivity contribution in [3.8, 4) is 28.5 Å². The molecule has 0 aliphatic rings. The van der Waals surface area contributed by atoms with Gasteiger partial charge in [-0.3, -0.25) is 0 Å². The van der Waals surface area contributed by atoms with Crippen LogP contribution < -0.4 is 0 Å². The molecule has 0 saturated heterocycles. The molecule has 0 radical (unpaired) electrons. The van der Waals surface area contributed by atoms with Crippen molar-refractivity contribution in [2.75, 3.05) is 0 Å². The lowest BCUT2D eigenvalue weighted by Gasteiger charge is -2.04. The van der Waals surface area contributed by atoms with Crippen LogP contribution in [-0.4, -0.2) is 16.1 Å². The second kappa shape index (κ2) is 5.78. The minimum absolute atomic E-state index is 0.221. The summed E-state index contributed by atoms with van der Waals surface area (Å²) in [5.74, 6) is 4.74. The minimum atomic E-state index is -0.984. The van der Waals surface area contributed by atoms with E-state index in [9.17, 15) is 10.1 Å². The van der Waals surface area contributed by atoms with Gasteiger partial charge >= 0.3 is 5.97 Å². The van der Waals surface area contributed by atoms with Gasteiger partial charge in [0.15, 0.2) is 0 Å². The van der Waals surface area contributed by atoms with Crippen molar-refractivity contribution in [3.63, 3.8) is 0 Å². The number of nitriles is 1. The Morgan fingerprint density at radius 1 is 1.38 bits per heavy atom. The van der Waals surface area contributed by atoms with E-state index in [4.69, 9.17) is 5.11 Å². The van der Waals surface area contributed by atoms with Gasteiger partial charge in [0.2, 0.25) is 0 Å². The number of aromatic nitrogens is 1. The maximum atomic E-state index is 11.1. The Morgan fingerprint density at radius 2 is 2.10 bits per heavy atom. The fourth-order valence-corrected chi connectivity index (χ4v) is 2.90. The van der Waals surface area contributed by atoms with Crippen molar-refractivity contribution < 1.29 is 9.90 Å². The van der Waals surface area contributed by atoms with Gasteiger partial charge in [-0.05, 0) is 38.5 Å². The molecule has 1 heterocycles. The maximum absolute atomic E-state index is 11.1. The first-order valence-electron chi connectivity index (χ1n) is 6.16. The number of hydrogen-bond donors (Lipinski definition) is 1. The summed E-state index contributed by atoms with van der Waals surface area (Å²) in [6, 6.07) is 5.72. The predicted molar refractivity (Wildman–Crippen MR) is 81.3 cm³/mol. The van der Waals surface area contributed by atoms with E-state index in [0.717, 1.165) is 22.5 Å². The van der Waals surface area contributed by atoms with Crippen LogP contribution in [0.5, 0.6) is 0 Å². The number of aryl methyl sites for hydroxylation is 2. The number of thiazole rings is 1. The molecule has 21 heavy (non-hydrogen) atoms. The van der Waals surface area contributed by atoms with Crippen molar-refractivity contribution in [1.82, 2.24) is 4.98 Å². The van der Waals surface area contributed by atoms with Crippen molar-refractivity contribution in [2.45, 2.75) is 20.8 Å². The topological polar surface area (TPSA) is 74.0 Å². The molecule has 0 spiro atoms. The van der Waals surface area contributed by atoms with E-state index >= 15 is 0 Å². The van der Waals surface area contributed by atoms with Crippen LogP contribution in [0.3, 0.4) is 0 Å². The first kappa shape index (κ1) is 14.8. The second-order valence-electron chi connectivity index (χ2n) is 4.44. The van der Waals surface area contributed by atoms with Gasteiger partial charge in [-0.2, -0.15) is 5.26 Å². The van der Waals surface area contributed by atoms with Crippen molar-refractivity contribution >= 4 is 17.3 Å². The predicted octanol–water partition coefficient (Wildman–Crippen LogP) is 3.37. The molecule has 1 aromatic heterocycles. The van der Waals surface area contributed by atoms with Gasteiger partial charge in [0.05, 0.1) is 11.3 Å². The second-order valence-corrected chi connectivity index (χ2v) is 5.44. The molecule has 2 aromatic rings. The monoisotopic (exact) mass is 296 g/mol. The van der Waals surface area contributed by atoms with E-state index in [-0.39, 0.29) is 4.88 Å². The first-order valence-corrected chi connectivity index (χ1v) is 6.98. The van der Waals surface area contributed by atoms with Crippen LogP contribution in [-0.2, 0) is 0 Å². The van der Waals surface area contributed by atoms with Crippen molar-refractivity contribution in [2.24, 2.45) is 0 Å². The fourth-order valence-electron chi connectivity index (χ4n) is 2.01. The van der Waals surface area contributed by atoms with Gasteiger partial charge < -0.3 is 5.11 Å². The first-order chi connectivity index (χ1) is 9.97. The standard InChI is InChI=1S/C16H12N2O2S/c1-4-5-13-9(2)6-11(7-12(13)8-17)15-18-10(3)14(21-15)16(19)20/h6-7H,1-3H3,(H,19,20). The molecule has 104 valence electrons. The number of aromatic carboxylic acids is 1. The third-order valence-electron chi connectivity index (χ3n) is 2.94. The van der Waals surface area contributed by atoms with Gasteiger partial charge in [-0.15, -0.1) is 17.3 Å². The highest BCUT2D eigenvalue weighted by molar-refractivity contribution is 7.17. The normalized spacial score (nSPS) is 9.62. The van der Waals surface area contributed by atoms with Gasteiger partial charge in [-0.1, -0.05) is 5.92 Å². The summed E-state index contributed by atoms with van der Waals surface area (Å²) >= 11 is 1.11. The van der Waals surface area contributed by atoms with Crippen LogP contribution in [0.1, 0.15) is 39.0 Å². The zero-order valence-corrected chi connectivity index (χ0v) is 12.6. The summed E-state index contributed by atoms with van der Waals surface area (Å²) in [4.78, 5) is 15.6. The molecule has 0 atom stereocenters. The maximum Gasteiger partial charge on any atom is 0.347 e. The molecular formula is C16H12N2O2S. The molecule has 2 rings (SSSR count). The quantitative estimate of drug-likeness (QED) is 0.862. The number of carboxylic acid groups (broad SMARTS) is 1. The minimum Gasteiger partial charge on any atom is -0.477 e. The molecule has 0 fully saturated rings. The van der Waals surface area contributed by atoms with Crippen LogP contribution in [0.15, 0.2) is 12.1 Å². The summed E-state index contributed by atoms with van der Waals surface area (Å²) < 4.78 is 0. The van der Waals surface area contributed by atoms with Crippen LogP contribution in [0.2, 0.25) is 0 Å². The van der Waals surface area contributed by atoms with E-state index in [1.807, 2.05) is 13.0 Å². The zero-order valence-electron chi connectivity index (χ0n) is 11.8. The molecule has 5 heteroatoms. The highest BCUT2D eigenvalue weighted by Crippen LogP contribution is 2.30. The van der Waals surface area contributed by atoms with E-state index in [0.29, 0.717) is 21.8 Å². The molecule has 0 unspecified atom stereocenters.